The molecule has 0 aromatic heterocycles. The molecule has 1 atom stereocenters. The molecule has 5 nitrogen and oxygen atoms in total. The summed E-state index contributed by atoms with van der Waals surface area (Å²) < 4.78 is 5.32. The molecule has 5 heteroatoms. The van der Waals surface area contributed by atoms with Gasteiger partial charge in [-0.2, -0.15) is 0 Å². The maximum absolute atomic E-state index is 12.1. The first-order chi connectivity index (χ1) is 11.1. The van der Waals surface area contributed by atoms with Gasteiger partial charge in [-0.3, -0.25) is 9.69 Å². The third-order valence-electron chi connectivity index (χ3n) is 4.52. The van der Waals surface area contributed by atoms with Crippen molar-refractivity contribution < 1.29 is 14.6 Å². The molecule has 0 radical (unpaired) electrons. The Kier molecular flexibility index (Phi) is 6.42. The zero-order chi connectivity index (χ0) is 16.7. The molecule has 1 aromatic rings. The van der Waals surface area contributed by atoms with Gasteiger partial charge in [0.15, 0.2) is 0 Å². The van der Waals surface area contributed by atoms with E-state index in [1.807, 2.05) is 24.3 Å². The van der Waals surface area contributed by atoms with Crippen molar-refractivity contribution in [1.82, 2.24) is 10.2 Å². The number of aliphatic hydroxyl groups excluding tert-OH is 1. The van der Waals surface area contributed by atoms with Crippen LogP contribution in [0.25, 0.3) is 0 Å². The number of hydrogen-bond acceptors (Lipinski definition) is 4. The number of aliphatic hydroxyl groups is 1. The summed E-state index contributed by atoms with van der Waals surface area (Å²) in [4.78, 5) is 14.2. The molecule has 2 rings (SSSR count). The number of likely N-dealkylation sites (tertiary alicyclic amines) is 1. The number of benzene rings is 1. The van der Waals surface area contributed by atoms with Crippen LogP contribution >= 0.6 is 0 Å². The number of hydrogen-bond donors (Lipinski definition) is 2. The van der Waals surface area contributed by atoms with Gasteiger partial charge in [0.25, 0.3) is 0 Å². The van der Waals surface area contributed by atoms with Gasteiger partial charge in [0.1, 0.15) is 5.75 Å². The lowest BCUT2D eigenvalue weighted by Gasteiger charge is -2.38. The SMILES string of the molecule is COc1ccccc1CCNC(=O)CN1CCCC(C)(CO)C1. The van der Waals surface area contributed by atoms with E-state index in [-0.39, 0.29) is 17.9 Å². The second-order valence-corrected chi connectivity index (χ2v) is 6.69. The van der Waals surface area contributed by atoms with E-state index >= 15 is 0 Å². The summed E-state index contributed by atoms with van der Waals surface area (Å²) in [5, 5.41) is 12.5. The van der Waals surface area contributed by atoms with Gasteiger partial charge in [0.05, 0.1) is 13.7 Å². The second-order valence-electron chi connectivity index (χ2n) is 6.69. The van der Waals surface area contributed by atoms with E-state index in [1.54, 1.807) is 7.11 Å². The van der Waals surface area contributed by atoms with Crippen molar-refractivity contribution in [1.29, 1.82) is 0 Å². The Bertz CT molecular complexity index is 521. The largest absolute Gasteiger partial charge is 0.496 e. The van der Waals surface area contributed by atoms with Gasteiger partial charge >= 0.3 is 0 Å². The maximum Gasteiger partial charge on any atom is 0.234 e. The van der Waals surface area contributed by atoms with Crippen LogP contribution in [0.15, 0.2) is 24.3 Å². The molecule has 128 valence electrons. The summed E-state index contributed by atoms with van der Waals surface area (Å²) in [6.45, 7) is 4.97. The molecule has 0 spiro atoms. The molecular formula is C18H28N2O3. The zero-order valence-corrected chi connectivity index (χ0v) is 14.2. The van der Waals surface area contributed by atoms with Crippen LogP contribution in [0.1, 0.15) is 25.3 Å². The van der Waals surface area contributed by atoms with Crippen LogP contribution in [0.4, 0.5) is 0 Å². The van der Waals surface area contributed by atoms with Crippen molar-refractivity contribution in [2.24, 2.45) is 5.41 Å². The smallest absolute Gasteiger partial charge is 0.234 e. The Morgan fingerprint density at radius 3 is 2.96 bits per heavy atom. The van der Waals surface area contributed by atoms with Crippen LogP contribution in [-0.4, -0.2) is 55.8 Å². The summed E-state index contributed by atoms with van der Waals surface area (Å²) in [5.74, 6) is 0.901. The highest BCUT2D eigenvalue weighted by Gasteiger charge is 2.30. The van der Waals surface area contributed by atoms with Crippen LogP contribution in [0.5, 0.6) is 5.75 Å². The quantitative estimate of drug-likeness (QED) is 0.798. The molecule has 1 saturated heterocycles. The molecule has 1 aliphatic rings. The van der Waals surface area contributed by atoms with E-state index in [0.717, 1.165) is 43.7 Å². The molecule has 1 aromatic carbocycles. The first kappa shape index (κ1) is 17.8. The van der Waals surface area contributed by atoms with Gasteiger partial charge in [-0.15, -0.1) is 0 Å². The number of carbonyl (C=O) groups excluding carboxylic acids is 1. The first-order valence-corrected chi connectivity index (χ1v) is 8.28. The minimum Gasteiger partial charge on any atom is -0.496 e. The fourth-order valence-corrected chi connectivity index (χ4v) is 3.20. The number of para-hydroxylation sites is 1. The number of methoxy groups -OCH3 is 1. The van der Waals surface area contributed by atoms with E-state index in [1.165, 1.54) is 0 Å². The molecular weight excluding hydrogens is 292 g/mol. The van der Waals surface area contributed by atoms with Crippen LogP contribution in [0.2, 0.25) is 0 Å². The van der Waals surface area contributed by atoms with Crippen LogP contribution in [-0.2, 0) is 11.2 Å². The predicted octanol–water partition coefficient (Wildman–Crippen LogP) is 1.45. The third kappa shape index (κ3) is 5.22. The topological polar surface area (TPSA) is 61.8 Å². The number of ether oxygens (including phenoxy) is 1. The minimum atomic E-state index is -0.0735. The standard InChI is InChI=1S/C18H28N2O3/c1-18(14-21)9-5-11-20(13-18)12-17(22)19-10-8-15-6-3-4-7-16(15)23-2/h3-4,6-7,21H,5,8-14H2,1-2H3,(H,19,22). The van der Waals surface area contributed by atoms with Crippen molar-refractivity contribution in [3.05, 3.63) is 29.8 Å². The Morgan fingerprint density at radius 1 is 1.43 bits per heavy atom. The van der Waals surface area contributed by atoms with Crippen LogP contribution in [0.3, 0.4) is 0 Å². The molecule has 2 N–H and O–H groups in total. The highest BCUT2D eigenvalue weighted by Crippen LogP contribution is 2.28. The van der Waals surface area contributed by atoms with Crippen LogP contribution < -0.4 is 10.1 Å². The van der Waals surface area contributed by atoms with E-state index < -0.39 is 0 Å². The molecule has 1 heterocycles. The van der Waals surface area contributed by atoms with Gasteiger partial charge < -0.3 is 15.2 Å². The van der Waals surface area contributed by atoms with Gasteiger partial charge in [-0.05, 0) is 37.4 Å². The molecule has 0 saturated carbocycles. The highest BCUT2D eigenvalue weighted by atomic mass is 16.5. The van der Waals surface area contributed by atoms with E-state index in [0.29, 0.717) is 13.1 Å². The molecule has 0 aliphatic carbocycles. The lowest BCUT2D eigenvalue weighted by molar-refractivity contribution is -0.123. The van der Waals surface area contributed by atoms with Crippen molar-refractivity contribution in [2.45, 2.75) is 26.2 Å². The van der Waals surface area contributed by atoms with Crippen molar-refractivity contribution in [2.75, 3.05) is 39.9 Å². The number of amides is 1. The number of piperidine rings is 1. The Hall–Kier alpha value is -1.59. The first-order valence-electron chi connectivity index (χ1n) is 8.28. The molecule has 1 unspecified atom stereocenters. The highest BCUT2D eigenvalue weighted by molar-refractivity contribution is 5.78. The summed E-state index contributed by atoms with van der Waals surface area (Å²) in [6.07, 6.45) is 2.81. The van der Waals surface area contributed by atoms with E-state index in [2.05, 4.69) is 17.1 Å². The molecule has 0 bridgehead atoms. The fourth-order valence-electron chi connectivity index (χ4n) is 3.20. The van der Waals surface area contributed by atoms with Crippen molar-refractivity contribution in [3.8, 4) is 5.75 Å². The molecule has 1 amide bonds. The normalized spacial score (nSPS) is 21.9. The Balaban J connectivity index is 1.75. The Morgan fingerprint density at radius 2 is 2.22 bits per heavy atom. The zero-order valence-electron chi connectivity index (χ0n) is 14.2. The number of nitrogens with one attached hydrogen (secondary N) is 1. The lowest BCUT2D eigenvalue weighted by atomic mass is 9.83. The van der Waals surface area contributed by atoms with Crippen molar-refractivity contribution >= 4 is 5.91 Å². The number of rotatable bonds is 7. The van der Waals surface area contributed by atoms with Gasteiger partial charge in [0.2, 0.25) is 5.91 Å². The lowest BCUT2D eigenvalue weighted by Crippen LogP contribution is -2.47. The predicted molar refractivity (Wildman–Crippen MR) is 90.6 cm³/mol. The average molecular weight is 320 g/mol. The minimum absolute atomic E-state index is 0.0436. The summed E-state index contributed by atoms with van der Waals surface area (Å²) >= 11 is 0. The third-order valence-corrected chi connectivity index (χ3v) is 4.52. The summed E-state index contributed by atoms with van der Waals surface area (Å²) in [5.41, 5.74) is 1.02. The summed E-state index contributed by atoms with van der Waals surface area (Å²) in [6, 6.07) is 7.86. The van der Waals surface area contributed by atoms with Crippen LogP contribution in [0, 0.1) is 5.41 Å². The van der Waals surface area contributed by atoms with Gasteiger partial charge in [-0.1, -0.05) is 25.1 Å². The summed E-state index contributed by atoms with van der Waals surface area (Å²) in [7, 11) is 1.66. The number of carbonyl (C=O) groups is 1. The monoisotopic (exact) mass is 320 g/mol. The van der Waals surface area contributed by atoms with E-state index in [9.17, 15) is 9.90 Å². The molecule has 23 heavy (non-hydrogen) atoms. The molecule has 1 aliphatic heterocycles. The Labute approximate surface area is 138 Å². The fraction of sp³-hybridized carbons (Fsp3) is 0.611. The maximum atomic E-state index is 12.1. The average Bonchev–Trinajstić information content (AvgIpc) is 2.55. The second kappa shape index (κ2) is 8.31. The van der Waals surface area contributed by atoms with Gasteiger partial charge in [-0.25, -0.2) is 0 Å². The van der Waals surface area contributed by atoms with Gasteiger partial charge in [0, 0.05) is 25.1 Å². The van der Waals surface area contributed by atoms with E-state index in [4.69, 9.17) is 4.74 Å². The van der Waals surface area contributed by atoms with Crippen molar-refractivity contribution in [3.63, 3.8) is 0 Å². The molecule has 1 fully saturated rings. The number of nitrogens with zero attached hydrogens (tertiary/aromatic N) is 1.